The van der Waals surface area contributed by atoms with Gasteiger partial charge in [0.1, 0.15) is 10.0 Å². The van der Waals surface area contributed by atoms with E-state index in [9.17, 15) is 4.79 Å². The number of aromatic nitrogens is 2. The van der Waals surface area contributed by atoms with Crippen LogP contribution in [0.5, 0.6) is 0 Å². The van der Waals surface area contributed by atoms with E-state index in [1.807, 2.05) is 25.7 Å². The number of hydrogen-bond donors (Lipinski definition) is 1. The van der Waals surface area contributed by atoms with Crippen molar-refractivity contribution < 1.29 is 4.79 Å². The number of hydrogen-bond acceptors (Lipinski definition) is 5. The summed E-state index contributed by atoms with van der Waals surface area (Å²) in [6.45, 7) is 7.54. The molecule has 0 spiro atoms. The van der Waals surface area contributed by atoms with E-state index in [2.05, 4.69) is 14.9 Å². The molecule has 1 aromatic rings. The van der Waals surface area contributed by atoms with Crippen LogP contribution in [0.4, 0.5) is 0 Å². The van der Waals surface area contributed by atoms with Crippen LogP contribution in [0.3, 0.4) is 0 Å². The van der Waals surface area contributed by atoms with Crippen molar-refractivity contribution in [3.05, 3.63) is 10.0 Å². The highest BCUT2D eigenvalue weighted by Crippen LogP contribution is 2.18. The molecule has 1 N–H and O–H groups in total. The van der Waals surface area contributed by atoms with E-state index in [-0.39, 0.29) is 11.9 Å². The van der Waals surface area contributed by atoms with Crippen molar-refractivity contribution in [2.75, 3.05) is 13.1 Å². The third-order valence-corrected chi connectivity index (χ3v) is 3.13. The van der Waals surface area contributed by atoms with Crippen molar-refractivity contribution in [3.8, 4) is 0 Å². The summed E-state index contributed by atoms with van der Waals surface area (Å²) in [6, 6.07) is 0.158. The van der Waals surface area contributed by atoms with Gasteiger partial charge < -0.3 is 5.32 Å². The Morgan fingerprint density at radius 2 is 2.29 bits per heavy atom. The molecule has 0 radical (unpaired) electrons. The molecule has 17 heavy (non-hydrogen) atoms. The van der Waals surface area contributed by atoms with Crippen LogP contribution in [0.1, 0.15) is 26.5 Å². The molecular formula is C10H17ClN4OS. The Bertz CT molecular complexity index is 369. The molecule has 0 aromatic carbocycles. The molecule has 0 aliphatic heterocycles. The van der Waals surface area contributed by atoms with Gasteiger partial charge in [0, 0.05) is 24.1 Å². The van der Waals surface area contributed by atoms with Gasteiger partial charge >= 0.3 is 0 Å². The van der Waals surface area contributed by atoms with Gasteiger partial charge in [-0.15, -0.1) is 5.10 Å². The van der Waals surface area contributed by atoms with E-state index in [0.717, 1.165) is 23.8 Å². The van der Waals surface area contributed by atoms with Crippen LogP contribution >= 0.6 is 23.1 Å². The van der Waals surface area contributed by atoms with Gasteiger partial charge in [0.05, 0.1) is 6.54 Å². The molecule has 7 heteroatoms. The fourth-order valence-electron chi connectivity index (χ4n) is 1.35. The van der Waals surface area contributed by atoms with E-state index in [0.29, 0.717) is 17.4 Å². The van der Waals surface area contributed by atoms with Gasteiger partial charge in [-0.1, -0.05) is 23.0 Å². The van der Waals surface area contributed by atoms with Crippen molar-refractivity contribution in [3.63, 3.8) is 0 Å². The summed E-state index contributed by atoms with van der Waals surface area (Å²) in [5, 5.41) is 6.79. The van der Waals surface area contributed by atoms with E-state index >= 15 is 0 Å². The lowest BCUT2D eigenvalue weighted by Gasteiger charge is -2.19. The first-order chi connectivity index (χ1) is 8.02. The minimum Gasteiger partial charge on any atom is -0.353 e. The van der Waals surface area contributed by atoms with Crippen LogP contribution in [0.2, 0.25) is 4.34 Å². The summed E-state index contributed by atoms with van der Waals surface area (Å²) < 4.78 is 4.36. The van der Waals surface area contributed by atoms with Crippen LogP contribution in [0.25, 0.3) is 0 Å². The van der Waals surface area contributed by atoms with Gasteiger partial charge in [-0.2, -0.15) is 0 Å². The molecule has 96 valence electrons. The maximum atomic E-state index is 11.6. The summed E-state index contributed by atoms with van der Waals surface area (Å²) >= 11 is 7.09. The second kappa shape index (κ2) is 6.88. The minimum atomic E-state index is 0.0150. The Kier molecular flexibility index (Phi) is 5.80. The summed E-state index contributed by atoms with van der Waals surface area (Å²) in [6.07, 6.45) is 0. The zero-order valence-electron chi connectivity index (χ0n) is 10.2. The van der Waals surface area contributed by atoms with Crippen LogP contribution in [0.15, 0.2) is 0 Å². The summed E-state index contributed by atoms with van der Waals surface area (Å²) in [7, 11) is 0. The second-order valence-electron chi connectivity index (χ2n) is 4.02. The summed E-state index contributed by atoms with van der Waals surface area (Å²) in [4.78, 5) is 13.6. The highest BCUT2D eigenvalue weighted by molar-refractivity contribution is 7.10. The first-order valence-corrected chi connectivity index (χ1v) is 6.66. The average molecular weight is 277 g/mol. The highest BCUT2D eigenvalue weighted by Gasteiger charge is 2.14. The van der Waals surface area contributed by atoms with Crippen molar-refractivity contribution in [1.82, 2.24) is 19.8 Å². The Labute approximate surface area is 110 Å². The lowest BCUT2D eigenvalue weighted by molar-refractivity contribution is -0.122. The predicted molar refractivity (Wildman–Crippen MR) is 69.1 cm³/mol. The quantitative estimate of drug-likeness (QED) is 0.856. The number of rotatable bonds is 6. The second-order valence-corrected chi connectivity index (χ2v) is 5.38. The number of carbonyl (C=O) groups is 1. The third-order valence-electron chi connectivity index (χ3n) is 2.15. The highest BCUT2D eigenvalue weighted by atomic mass is 35.5. The number of halogens is 1. The van der Waals surface area contributed by atoms with E-state index in [1.165, 1.54) is 0 Å². The molecule has 0 saturated carbocycles. The lowest BCUT2D eigenvalue weighted by Crippen LogP contribution is -2.39. The molecule has 0 aliphatic rings. The number of nitrogens with one attached hydrogen (secondary N) is 1. The monoisotopic (exact) mass is 276 g/mol. The number of likely N-dealkylation sites (N-methyl/N-ethyl adjacent to an activating group) is 1. The van der Waals surface area contributed by atoms with Crippen molar-refractivity contribution in [2.24, 2.45) is 0 Å². The van der Waals surface area contributed by atoms with Crippen molar-refractivity contribution in [2.45, 2.75) is 33.4 Å². The van der Waals surface area contributed by atoms with Gasteiger partial charge in [-0.3, -0.25) is 9.69 Å². The fraction of sp³-hybridized carbons (Fsp3) is 0.700. The first-order valence-electron chi connectivity index (χ1n) is 5.51. The lowest BCUT2D eigenvalue weighted by atomic mass is 10.3. The first kappa shape index (κ1) is 14.3. The minimum absolute atomic E-state index is 0.0150. The summed E-state index contributed by atoms with van der Waals surface area (Å²) in [5.74, 6) is 0.0150. The standard InChI is InChI=1S/C10H17ClN4OS/c1-4-15(6-9(16)12-7(2)3)5-8-10(11)17-14-13-8/h7H,4-6H2,1-3H3,(H,12,16). The molecular weight excluding hydrogens is 260 g/mol. The molecule has 1 aromatic heterocycles. The average Bonchev–Trinajstić information content (AvgIpc) is 2.62. The number of amides is 1. The Morgan fingerprint density at radius 3 is 2.76 bits per heavy atom. The maximum absolute atomic E-state index is 11.6. The fourth-order valence-corrected chi connectivity index (χ4v) is 1.97. The molecule has 0 saturated heterocycles. The molecule has 1 amide bonds. The number of carbonyl (C=O) groups excluding carboxylic acids is 1. The molecule has 1 heterocycles. The zero-order valence-corrected chi connectivity index (χ0v) is 11.8. The maximum Gasteiger partial charge on any atom is 0.234 e. The van der Waals surface area contributed by atoms with Crippen LogP contribution in [-0.4, -0.2) is 39.5 Å². The van der Waals surface area contributed by atoms with Gasteiger partial charge in [-0.25, -0.2) is 0 Å². The van der Waals surface area contributed by atoms with Gasteiger partial charge in [0.2, 0.25) is 5.91 Å². The molecule has 0 fully saturated rings. The molecule has 0 bridgehead atoms. The molecule has 0 atom stereocenters. The smallest absolute Gasteiger partial charge is 0.234 e. The summed E-state index contributed by atoms with van der Waals surface area (Å²) in [5.41, 5.74) is 0.732. The molecule has 0 aliphatic carbocycles. The largest absolute Gasteiger partial charge is 0.353 e. The SMILES string of the molecule is CCN(CC(=O)NC(C)C)Cc1nnsc1Cl. The van der Waals surface area contributed by atoms with Crippen LogP contribution in [0, 0.1) is 0 Å². The Hall–Kier alpha value is -0.720. The van der Waals surface area contributed by atoms with Crippen LogP contribution in [-0.2, 0) is 11.3 Å². The Balaban J connectivity index is 2.49. The van der Waals surface area contributed by atoms with E-state index < -0.39 is 0 Å². The molecule has 5 nitrogen and oxygen atoms in total. The predicted octanol–water partition coefficient (Wildman–Crippen LogP) is 1.54. The zero-order chi connectivity index (χ0) is 12.8. The number of nitrogens with zero attached hydrogens (tertiary/aromatic N) is 3. The van der Waals surface area contributed by atoms with Gasteiger partial charge in [-0.05, 0) is 20.4 Å². The van der Waals surface area contributed by atoms with Crippen LogP contribution < -0.4 is 5.32 Å². The molecule has 1 rings (SSSR count). The van der Waals surface area contributed by atoms with E-state index in [4.69, 9.17) is 11.6 Å². The molecule has 0 unspecified atom stereocenters. The normalized spacial score (nSPS) is 11.2. The topological polar surface area (TPSA) is 58.1 Å². The Morgan fingerprint density at radius 1 is 1.59 bits per heavy atom. The van der Waals surface area contributed by atoms with E-state index in [1.54, 1.807) is 0 Å². The van der Waals surface area contributed by atoms with Crippen molar-refractivity contribution in [1.29, 1.82) is 0 Å². The van der Waals surface area contributed by atoms with Gasteiger partial charge in [0.15, 0.2) is 0 Å². The van der Waals surface area contributed by atoms with Gasteiger partial charge in [0.25, 0.3) is 0 Å². The van der Waals surface area contributed by atoms with Crippen molar-refractivity contribution >= 4 is 29.0 Å². The third kappa shape index (κ3) is 4.97.